The second kappa shape index (κ2) is 8.27. The van der Waals surface area contributed by atoms with Gasteiger partial charge in [-0.25, -0.2) is 9.59 Å². The van der Waals surface area contributed by atoms with Gasteiger partial charge in [-0.2, -0.15) is 0 Å². The van der Waals surface area contributed by atoms with E-state index in [0.717, 1.165) is 6.92 Å². The Hall–Kier alpha value is -1.87. The molecule has 0 saturated heterocycles. The standard InChI is InChI=1S/C10H19N3O6/c1-10(18,8(15)16)6-13-9(17)12-5-7(14)11-3-4-19-2/h18H,3-6H2,1-2H3,(H,11,14)(H,15,16)(H2,12,13,17). The first-order valence-electron chi connectivity index (χ1n) is 5.52. The smallest absolute Gasteiger partial charge is 0.337 e. The van der Waals surface area contributed by atoms with Crippen molar-refractivity contribution in [3.63, 3.8) is 0 Å². The largest absolute Gasteiger partial charge is 0.479 e. The van der Waals surface area contributed by atoms with Crippen molar-refractivity contribution in [1.82, 2.24) is 16.0 Å². The average Bonchev–Trinajstić information content (AvgIpc) is 2.34. The number of carboxylic acid groups (broad SMARTS) is 1. The first-order valence-corrected chi connectivity index (χ1v) is 5.52. The fourth-order valence-corrected chi connectivity index (χ4v) is 0.906. The molecule has 19 heavy (non-hydrogen) atoms. The van der Waals surface area contributed by atoms with Crippen LogP contribution in [0.3, 0.4) is 0 Å². The SMILES string of the molecule is COCCNC(=O)CNC(=O)NCC(C)(O)C(=O)O. The van der Waals surface area contributed by atoms with E-state index < -0.39 is 30.1 Å². The van der Waals surface area contributed by atoms with Crippen LogP contribution in [0.15, 0.2) is 0 Å². The Bertz CT molecular complexity index is 331. The number of urea groups is 1. The highest BCUT2D eigenvalue weighted by atomic mass is 16.5. The number of hydrogen-bond acceptors (Lipinski definition) is 5. The lowest BCUT2D eigenvalue weighted by Crippen LogP contribution is -2.50. The van der Waals surface area contributed by atoms with Crippen molar-refractivity contribution < 1.29 is 29.3 Å². The molecular formula is C10H19N3O6. The molecule has 0 aromatic rings. The van der Waals surface area contributed by atoms with Crippen LogP contribution < -0.4 is 16.0 Å². The predicted molar refractivity (Wildman–Crippen MR) is 64.5 cm³/mol. The van der Waals surface area contributed by atoms with Crippen LogP contribution >= 0.6 is 0 Å². The summed E-state index contributed by atoms with van der Waals surface area (Å²) >= 11 is 0. The normalized spacial score (nSPS) is 13.2. The summed E-state index contributed by atoms with van der Waals surface area (Å²) in [6.45, 7) is 1.00. The number of aliphatic carboxylic acids is 1. The summed E-state index contributed by atoms with van der Waals surface area (Å²) in [6.07, 6.45) is 0. The molecule has 0 aliphatic heterocycles. The highest BCUT2D eigenvalue weighted by Gasteiger charge is 2.30. The second-order valence-electron chi connectivity index (χ2n) is 3.96. The number of carboxylic acids is 1. The number of ether oxygens (including phenoxy) is 1. The van der Waals surface area contributed by atoms with Crippen LogP contribution in [0.25, 0.3) is 0 Å². The molecule has 9 heteroatoms. The van der Waals surface area contributed by atoms with Gasteiger partial charge in [-0.1, -0.05) is 0 Å². The molecule has 1 unspecified atom stereocenters. The molecule has 0 saturated carbocycles. The van der Waals surface area contributed by atoms with Crippen molar-refractivity contribution in [2.45, 2.75) is 12.5 Å². The van der Waals surface area contributed by atoms with Crippen LogP contribution in [0, 0.1) is 0 Å². The van der Waals surface area contributed by atoms with Crippen molar-refractivity contribution >= 4 is 17.9 Å². The minimum absolute atomic E-state index is 0.259. The van der Waals surface area contributed by atoms with Crippen LogP contribution in [-0.4, -0.2) is 67.1 Å². The highest BCUT2D eigenvalue weighted by Crippen LogP contribution is 2.00. The molecule has 5 N–H and O–H groups in total. The second-order valence-corrected chi connectivity index (χ2v) is 3.96. The molecule has 0 aliphatic carbocycles. The van der Waals surface area contributed by atoms with Gasteiger partial charge in [0.1, 0.15) is 0 Å². The van der Waals surface area contributed by atoms with E-state index in [-0.39, 0.29) is 6.54 Å². The summed E-state index contributed by atoms with van der Waals surface area (Å²) in [4.78, 5) is 32.9. The number of amides is 3. The fourth-order valence-electron chi connectivity index (χ4n) is 0.906. The average molecular weight is 277 g/mol. The van der Waals surface area contributed by atoms with E-state index in [9.17, 15) is 19.5 Å². The number of rotatable bonds is 8. The summed E-state index contributed by atoms with van der Waals surface area (Å²) < 4.78 is 4.72. The molecule has 0 bridgehead atoms. The number of hydrogen-bond donors (Lipinski definition) is 5. The molecule has 0 radical (unpaired) electrons. The van der Waals surface area contributed by atoms with Gasteiger partial charge in [0, 0.05) is 13.7 Å². The van der Waals surface area contributed by atoms with Gasteiger partial charge in [0.05, 0.1) is 19.7 Å². The van der Waals surface area contributed by atoms with Gasteiger partial charge in [-0.3, -0.25) is 4.79 Å². The summed E-state index contributed by atoms with van der Waals surface area (Å²) in [7, 11) is 1.49. The van der Waals surface area contributed by atoms with Gasteiger partial charge < -0.3 is 30.9 Å². The van der Waals surface area contributed by atoms with Crippen molar-refractivity contribution in [2.24, 2.45) is 0 Å². The van der Waals surface area contributed by atoms with Crippen LogP contribution in [0.1, 0.15) is 6.92 Å². The van der Waals surface area contributed by atoms with Gasteiger partial charge in [0.15, 0.2) is 5.60 Å². The Balaban J connectivity index is 3.82. The minimum Gasteiger partial charge on any atom is -0.479 e. The third-order valence-electron chi connectivity index (χ3n) is 2.09. The number of aliphatic hydroxyl groups is 1. The zero-order valence-corrected chi connectivity index (χ0v) is 10.9. The van der Waals surface area contributed by atoms with E-state index in [1.54, 1.807) is 0 Å². The maximum Gasteiger partial charge on any atom is 0.337 e. The Morgan fingerprint density at radius 3 is 2.37 bits per heavy atom. The molecule has 0 spiro atoms. The molecule has 0 aromatic heterocycles. The Labute approximate surface area is 110 Å². The maximum atomic E-state index is 11.2. The maximum absolute atomic E-state index is 11.2. The molecule has 1 atom stereocenters. The Morgan fingerprint density at radius 1 is 1.21 bits per heavy atom. The zero-order chi connectivity index (χ0) is 14.9. The quantitative estimate of drug-likeness (QED) is 0.322. The van der Waals surface area contributed by atoms with Gasteiger partial charge in [0.2, 0.25) is 5.91 Å². The van der Waals surface area contributed by atoms with E-state index in [0.29, 0.717) is 13.2 Å². The monoisotopic (exact) mass is 277 g/mol. The fraction of sp³-hybridized carbons (Fsp3) is 0.700. The van der Waals surface area contributed by atoms with Crippen LogP contribution in [0.5, 0.6) is 0 Å². The molecule has 110 valence electrons. The third kappa shape index (κ3) is 7.95. The van der Waals surface area contributed by atoms with Crippen molar-refractivity contribution in [2.75, 3.05) is 33.4 Å². The molecule has 9 nitrogen and oxygen atoms in total. The topological polar surface area (TPSA) is 137 Å². The number of nitrogens with one attached hydrogen (secondary N) is 3. The van der Waals surface area contributed by atoms with E-state index in [1.165, 1.54) is 7.11 Å². The molecule has 0 heterocycles. The Kier molecular flexibility index (Phi) is 7.46. The summed E-state index contributed by atoms with van der Waals surface area (Å²) in [5, 5.41) is 24.8. The lowest BCUT2D eigenvalue weighted by atomic mass is 10.1. The first-order chi connectivity index (χ1) is 8.79. The van der Waals surface area contributed by atoms with E-state index in [1.807, 2.05) is 0 Å². The molecule has 0 aliphatic rings. The number of carbonyl (C=O) groups is 3. The molecule has 0 fully saturated rings. The summed E-state index contributed by atoms with van der Waals surface area (Å²) in [5.41, 5.74) is -2.06. The number of methoxy groups -OCH3 is 1. The molecule has 0 rings (SSSR count). The number of carbonyl (C=O) groups excluding carboxylic acids is 2. The molecule has 3 amide bonds. The van der Waals surface area contributed by atoms with E-state index in [2.05, 4.69) is 16.0 Å². The van der Waals surface area contributed by atoms with Crippen LogP contribution in [0.4, 0.5) is 4.79 Å². The summed E-state index contributed by atoms with van der Waals surface area (Å²) in [6, 6.07) is -0.747. The van der Waals surface area contributed by atoms with E-state index in [4.69, 9.17) is 9.84 Å². The predicted octanol–water partition coefficient (Wildman–Crippen LogP) is -2.12. The Morgan fingerprint density at radius 2 is 1.84 bits per heavy atom. The van der Waals surface area contributed by atoms with Gasteiger partial charge >= 0.3 is 12.0 Å². The minimum atomic E-state index is -2.06. The summed E-state index contributed by atoms with van der Waals surface area (Å²) in [5.74, 6) is -1.86. The van der Waals surface area contributed by atoms with Crippen molar-refractivity contribution in [3.05, 3.63) is 0 Å². The highest BCUT2D eigenvalue weighted by molar-refractivity contribution is 5.84. The van der Waals surface area contributed by atoms with Crippen LogP contribution in [0.2, 0.25) is 0 Å². The van der Waals surface area contributed by atoms with E-state index >= 15 is 0 Å². The lowest BCUT2D eigenvalue weighted by Gasteiger charge is -2.18. The third-order valence-corrected chi connectivity index (χ3v) is 2.09. The molecule has 0 aromatic carbocycles. The van der Waals surface area contributed by atoms with Crippen molar-refractivity contribution in [3.8, 4) is 0 Å². The lowest BCUT2D eigenvalue weighted by molar-refractivity contribution is -0.155. The van der Waals surface area contributed by atoms with Gasteiger partial charge in [-0.05, 0) is 6.92 Å². The zero-order valence-electron chi connectivity index (χ0n) is 10.9. The van der Waals surface area contributed by atoms with Gasteiger partial charge in [0.25, 0.3) is 0 Å². The van der Waals surface area contributed by atoms with Crippen molar-refractivity contribution in [1.29, 1.82) is 0 Å². The van der Waals surface area contributed by atoms with Gasteiger partial charge in [-0.15, -0.1) is 0 Å². The first kappa shape index (κ1) is 17.1. The van der Waals surface area contributed by atoms with Crippen LogP contribution in [-0.2, 0) is 14.3 Å². The molecular weight excluding hydrogens is 258 g/mol.